The number of hydrogen-bond donors (Lipinski definition) is 2. The molecule has 0 radical (unpaired) electrons. The summed E-state index contributed by atoms with van der Waals surface area (Å²) in [5, 5.41) is 2.45. The van der Waals surface area contributed by atoms with Crippen LogP contribution in [0.5, 0.6) is 5.75 Å². The SMILES string of the molecule is COc1ccc(NC(=O)c2cc(S(=O)(=O)Nc3ccc(F)cc3)ccc2Cl)cc1F. The molecule has 3 aromatic carbocycles. The first-order valence-corrected chi connectivity index (χ1v) is 10.3. The van der Waals surface area contributed by atoms with Crippen molar-refractivity contribution >= 4 is 38.9 Å². The second-order valence-electron chi connectivity index (χ2n) is 6.06. The summed E-state index contributed by atoms with van der Waals surface area (Å²) in [5.41, 5.74) is 0.146. The monoisotopic (exact) mass is 452 g/mol. The van der Waals surface area contributed by atoms with Crippen molar-refractivity contribution in [1.29, 1.82) is 0 Å². The lowest BCUT2D eigenvalue weighted by molar-refractivity contribution is 0.102. The molecule has 0 aliphatic rings. The summed E-state index contributed by atoms with van der Waals surface area (Å²) in [4.78, 5) is 12.3. The lowest BCUT2D eigenvalue weighted by atomic mass is 10.2. The van der Waals surface area contributed by atoms with Crippen LogP contribution in [0.3, 0.4) is 0 Å². The first-order valence-electron chi connectivity index (χ1n) is 8.42. The largest absolute Gasteiger partial charge is 0.494 e. The fourth-order valence-corrected chi connectivity index (χ4v) is 3.81. The van der Waals surface area contributed by atoms with Gasteiger partial charge >= 0.3 is 0 Å². The molecule has 0 aromatic heterocycles. The van der Waals surface area contributed by atoms with Gasteiger partial charge in [0.25, 0.3) is 15.9 Å². The summed E-state index contributed by atoms with van der Waals surface area (Å²) in [6.07, 6.45) is 0. The molecular formula is C20H15ClF2N2O4S. The minimum Gasteiger partial charge on any atom is -0.494 e. The van der Waals surface area contributed by atoms with Crippen LogP contribution >= 0.6 is 11.6 Å². The summed E-state index contributed by atoms with van der Waals surface area (Å²) in [6, 6.07) is 12.1. The molecule has 0 spiro atoms. The molecule has 6 nitrogen and oxygen atoms in total. The van der Waals surface area contributed by atoms with Crippen molar-refractivity contribution in [2.45, 2.75) is 4.90 Å². The van der Waals surface area contributed by atoms with Crippen molar-refractivity contribution in [3.63, 3.8) is 0 Å². The maximum Gasteiger partial charge on any atom is 0.261 e. The van der Waals surface area contributed by atoms with E-state index in [1.165, 1.54) is 43.5 Å². The third kappa shape index (κ3) is 4.87. The molecule has 30 heavy (non-hydrogen) atoms. The molecule has 0 atom stereocenters. The second-order valence-corrected chi connectivity index (χ2v) is 8.15. The van der Waals surface area contributed by atoms with E-state index in [0.29, 0.717) is 0 Å². The zero-order chi connectivity index (χ0) is 21.9. The standard InChI is InChI=1S/C20H15ClF2N2O4S/c1-29-19-9-6-14(10-18(19)23)24-20(26)16-11-15(7-8-17(16)21)30(27,28)25-13-4-2-12(22)3-5-13/h2-11,25H,1H3,(H,24,26). The number of methoxy groups -OCH3 is 1. The van der Waals surface area contributed by atoms with Crippen molar-refractivity contribution in [3.05, 3.63) is 82.9 Å². The van der Waals surface area contributed by atoms with Crippen LogP contribution in [0.1, 0.15) is 10.4 Å². The van der Waals surface area contributed by atoms with Gasteiger partial charge in [-0.15, -0.1) is 0 Å². The number of benzene rings is 3. The third-order valence-corrected chi connectivity index (χ3v) is 5.71. The van der Waals surface area contributed by atoms with E-state index in [2.05, 4.69) is 10.0 Å². The molecule has 0 fully saturated rings. The van der Waals surface area contributed by atoms with Crippen LogP contribution < -0.4 is 14.8 Å². The molecule has 0 saturated carbocycles. The predicted molar refractivity (Wildman–Crippen MR) is 110 cm³/mol. The van der Waals surface area contributed by atoms with Crippen molar-refractivity contribution in [3.8, 4) is 5.75 Å². The smallest absolute Gasteiger partial charge is 0.261 e. The highest BCUT2D eigenvalue weighted by molar-refractivity contribution is 7.92. The molecule has 0 heterocycles. The highest BCUT2D eigenvalue weighted by Gasteiger charge is 2.19. The summed E-state index contributed by atoms with van der Waals surface area (Å²) in [6.45, 7) is 0. The first kappa shape index (κ1) is 21.5. The topological polar surface area (TPSA) is 84.5 Å². The Morgan fingerprint density at radius 2 is 1.63 bits per heavy atom. The van der Waals surface area contributed by atoms with E-state index in [0.717, 1.165) is 24.3 Å². The molecule has 156 valence electrons. The Bertz CT molecular complexity index is 1200. The quantitative estimate of drug-likeness (QED) is 0.568. The van der Waals surface area contributed by atoms with Gasteiger partial charge < -0.3 is 10.1 Å². The molecule has 1 amide bonds. The number of sulfonamides is 1. The van der Waals surface area contributed by atoms with Gasteiger partial charge in [-0.2, -0.15) is 0 Å². The Balaban J connectivity index is 1.86. The Morgan fingerprint density at radius 3 is 2.27 bits per heavy atom. The number of halogens is 3. The molecule has 0 aliphatic heterocycles. The number of carbonyl (C=O) groups excluding carboxylic acids is 1. The second kappa shape index (κ2) is 8.68. The van der Waals surface area contributed by atoms with Crippen molar-refractivity contribution in [1.82, 2.24) is 0 Å². The van der Waals surface area contributed by atoms with Gasteiger partial charge in [0.15, 0.2) is 11.6 Å². The lowest BCUT2D eigenvalue weighted by Crippen LogP contribution is -2.16. The fourth-order valence-electron chi connectivity index (χ4n) is 2.52. The number of amides is 1. The molecule has 0 unspecified atom stereocenters. The molecule has 0 aliphatic carbocycles. The van der Waals surface area contributed by atoms with Crippen LogP contribution in [0.25, 0.3) is 0 Å². The molecule has 0 bridgehead atoms. The Hall–Kier alpha value is -3.17. The van der Waals surface area contributed by atoms with E-state index in [4.69, 9.17) is 16.3 Å². The number of carbonyl (C=O) groups is 1. The average Bonchev–Trinajstić information content (AvgIpc) is 2.70. The highest BCUT2D eigenvalue weighted by Crippen LogP contribution is 2.25. The van der Waals surface area contributed by atoms with Gasteiger partial charge in [0.05, 0.1) is 22.6 Å². The Labute approximate surface area is 176 Å². The van der Waals surface area contributed by atoms with Gasteiger partial charge in [0.1, 0.15) is 5.82 Å². The zero-order valence-electron chi connectivity index (χ0n) is 15.4. The first-order chi connectivity index (χ1) is 14.2. The summed E-state index contributed by atoms with van der Waals surface area (Å²) in [7, 11) is -2.77. The van der Waals surface area contributed by atoms with Gasteiger partial charge in [-0.05, 0) is 54.6 Å². The van der Waals surface area contributed by atoms with Crippen LogP contribution in [-0.2, 0) is 10.0 Å². The molecule has 3 rings (SSSR count). The third-order valence-electron chi connectivity index (χ3n) is 4.00. The molecule has 3 aromatic rings. The van der Waals surface area contributed by atoms with Gasteiger partial charge in [0, 0.05) is 17.4 Å². The van der Waals surface area contributed by atoms with Gasteiger partial charge in [0.2, 0.25) is 0 Å². The van der Waals surface area contributed by atoms with E-state index in [-0.39, 0.29) is 32.6 Å². The van der Waals surface area contributed by atoms with Gasteiger partial charge in [-0.1, -0.05) is 11.6 Å². The predicted octanol–water partition coefficient (Wildman–Crippen LogP) is 4.68. The summed E-state index contributed by atoms with van der Waals surface area (Å²) in [5.74, 6) is -1.92. The molecule has 0 saturated heterocycles. The number of rotatable bonds is 6. The maximum absolute atomic E-state index is 13.8. The van der Waals surface area contributed by atoms with Crippen LogP contribution in [0.2, 0.25) is 5.02 Å². The van der Waals surface area contributed by atoms with E-state index < -0.39 is 27.6 Å². The molecule has 10 heteroatoms. The van der Waals surface area contributed by atoms with E-state index in [1.807, 2.05) is 0 Å². The van der Waals surface area contributed by atoms with Gasteiger partial charge in [-0.3, -0.25) is 9.52 Å². The van der Waals surface area contributed by atoms with E-state index in [1.54, 1.807) is 0 Å². The zero-order valence-corrected chi connectivity index (χ0v) is 17.0. The minimum atomic E-state index is -4.08. The number of hydrogen-bond acceptors (Lipinski definition) is 4. The normalized spacial score (nSPS) is 11.1. The Morgan fingerprint density at radius 1 is 0.967 bits per heavy atom. The van der Waals surface area contributed by atoms with Crippen LogP contribution in [0, 0.1) is 11.6 Å². The highest BCUT2D eigenvalue weighted by atomic mass is 35.5. The van der Waals surface area contributed by atoms with Crippen LogP contribution in [0.15, 0.2) is 65.6 Å². The van der Waals surface area contributed by atoms with Crippen molar-refractivity contribution in [2.75, 3.05) is 17.1 Å². The Kier molecular flexibility index (Phi) is 6.23. The maximum atomic E-state index is 13.8. The van der Waals surface area contributed by atoms with Crippen molar-refractivity contribution in [2.24, 2.45) is 0 Å². The minimum absolute atomic E-state index is 0.00205. The van der Waals surface area contributed by atoms with Crippen molar-refractivity contribution < 1.29 is 26.7 Å². The van der Waals surface area contributed by atoms with E-state index in [9.17, 15) is 22.0 Å². The summed E-state index contributed by atoms with van der Waals surface area (Å²) < 4.78 is 59.1. The fraction of sp³-hybridized carbons (Fsp3) is 0.0500. The number of nitrogens with one attached hydrogen (secondary N) is 2. The average molecular weight is 453 g/mol. The van der Waals surface area contributed by atoms with E-state index >= 15 is 0 Å². The van der Waals surface area contributed by atoms with Crippen LogP contribution in [0.4, 0.5) is 20.2 Å². The summed E-state index contributed by atoms with van der Waals surface area (Å²) >= 11 is 6.05. The van der Waals surface area contributed by atoms with Gasteiger partial charge in [-0.25, -0.2) is 17.2 Å². The lowest BCUT2D eigenvalue weighted by Gasteiger charge is -2.12. The van der Waals surface area contributed by atoms with Crippen LogP contribution in [-0.4, -0.2) is 21.4 Å². The molecular weight excluding hydrogens is 438 g/mol. The molecule has 2 N–H and O–H groups in total. The number of anilines is 2. The number of ether oxygens (including phenoxy) is 1.